The highest BCUT2D eigenvalue weighted by Gasteiger charge is 2.40. The summed E-state index contributed by atoms with van der Waals surface area (Å²) in [6.07, 6.45) is -1.04. The largest absolute Gasteiger partial charge is 0.481 e. The molecule has 1 unspecified atom stereocenters. The molecule has 19 heavy (non-hydrogen) atoms. The predicted molar refractivity (Wildman–Crippen MR) is 70.4 cm³/mol. The van der Waals surface area contributed by atoms with Crippen molar-refractivity contribution in [2.45, 2.75) is 58.8 Å². The molecule has 6 nitrogen and oxygen atoms in total. The van der Waals surface area contributed by atoms with E-state index in [1.165, 1.54) is 0 Å². The van der Waals surface area contributed by atoms with Crippen molar-refractivity contribution in [3.8, 4) is 0 Å². The van der Waals surface area contributed by atoms with E-state index in [0.717, 1.165) is 0 Å². The Kier molecular flexibility index (Phi) is 6.45. The lowest BCUT2D eigenvalue weighted by molar-refractivity contribution is -0.172. The van der Waals surface area contributed by atoms with Gasteiger partial charge in [-0.2, -0.15) is 0 Å². The molecule has 0 aliphatic heterocycles. The average Bonchev–Trinajstić information content (AvgIpc) is 2.12. The van der Waals surface area contributed by atoms with Gasteiger partial charge in [-0.25, -0.2) is 0 Å². The molecule has 0 heterocycles. The van der Waals surface area contributed by atoms with E-state index in [9.17, 15) is 14.7 Å². The third-order valence-corrected chi connectivity index (χ3v) is 2.45. The fraction of sp³-hybridized carbons (Fsp3) is 0.846. The van der Waals surface area contributed by atoms with E-state index in [1.54, 1.807) is 20.8 Å². The molecule has 0 fully saturated rings. The number of ether oxygens (including phenoxy) is 1. The summed E-state index contributed by atoms with van der Waals surface area (Å²) >= 11 is 0. The molecule has 0 aromatic carbocycles. The topological polar surface area (TPSA) is 110 Å². The number of carboxylic acid groups (broad SMARTS) is 1. The average molecular weight is 275 g/mol. The molecule has 0 spiro atoms. The Bertz CT molecular complexity index is 321. The molecule has 0 aromatic rings. The number of aliphatic carboxylic acids is 1. The lowest BCUT2D eigenvalue weighted by Crippen LogP contribution is -2.48. The third-order valence-electron chi connectivity index (χ3n) is 2.45. The van der Waals surface area contributed by atoms with E-state index < -0.39 is 35.6 Å². The maximum absolute atomic E-state index is 11.8. The van der Waals surface area contributed by atoms with Crippen LogP contribution in [0.3, 0.4) is 0 Å². The Morgan fingerprint density at radius 1 is 1.26 bits per heavy atom. The zero-order valence-electron chi connectivity index (χ0n) is 12.2. The van der Waals surface area contributed by atoms with Gasteiger partial charge >= 0.3 is 11.9 Å². The van der Waals surface area contributed by atoms with Crippen LogP contribution < -0.4 is 5.73 Å². The quantitative estimate of drug-likeness (QED) is 0.487. The first-order valence-electron chi connectivity index (χ1n) is 6.35. The molecule has 0 radical (unpaired) electrons. The molecular formula is C13H25NO5. The number of carboxylic acids is 1. The summed E-state index contributed by atoms with van der Waals surface area (Å²) in [4.78, 5) is 23.0. The molecule has 6 heteroatoms. The fourth-order valence-electron chi connectivity index (χ4n) is 1.68. The van der Waals surface area contributed by atoms with Gasteiger partial charge in [0, 0.05) is 6.04 Å². The zero-order valence-corrected chi connectivity index (χ0v) is 12.2. The molecule has 0 amide bonds. The lowest BCUT2D eigenvalue weighted by atomic mass is 9.91. The summed E-state index contributed by atoms with van der Waals surface area (Å²) in [5, 5.41) is 19.0. The van der Waals surface area contributed by atoms with Gasteiger partial charge in [-0.15, -0.1) is 0 Å². The van der Waals surface area contributed by atoms with Gasteiger partial charge in [0.1, 0.15) is 5.60 Å². The van der Waals surface area contributed by atoms with E-state index in [-0.39, 0.29) is 5.92 Å². The molecule has 0 aliphatic carbocycles. The van der Waals surface area contributed by atoms with Crippen LogP contribution in [0.15, 0.2) is 0 Å². The summed E-state index contributed by atoms with van der Waals surface area (Å²) in [6, 6.07) is -0.784. The number of hydrogen-bond donors (Lipinski definition) is 3. The molecule has 0 aromatic heterocycles. The molecule has 3 atom stereocenters. The van der Waals surface area contributed by atoms with Crippen LogP contribution in [-0.2, 0) is 14.3 Å². The van der Waals surface area contributed by atoms with Crippen molar-refractivity contribution in [1.82, 2.24) is 0 Å². The highest BCUT2D eigenvalue weighted by atomic mass is 16.6. The molecule has 112 valence electrons. The van der Waals surface area contributed by atoms with Crippen LogP contribution in [0.2, 0.25) is 0 Å². The number of carbonyl (C=O) groups excluding carboxylic acids is 1. The van der Waals surface area contributed by atoms with Crippen molar-refractivity contribution < 1.29 is 24.5 Å². The van der Waals surface area contributed by atoms with Crippen LogP contribution in [0, 0.1) is 11.8 Å². The van der Waals surface area contributed by atoms with Crippen LogP contribution in [-0.4, -0.2) is 39.9 Å². The number of aliphatic hydroxyl groups is 1. The number of rotatable bonds is 6. The standard InChI is InChI=1S/C13H25NO5/c1-7(2)6-8(14)10(15)9(11(16)17)12(18)19-13(3,4)5/h7-10,15H,6,14H2,1-5H3,(H,16,17)/t8-,9?,10+/m0/s1. The Balaban J connectivity index is 4.91. The second-order valence-corrected chi connectivity index (χ2v) is 6.13. The van der Waals surface area contributed by atoms with Gasteiger partial charge < -0.3 is 20.7 Å². The molecule has 0 bridgehead atoms. The number of esters is 1. The third kappa shape index (κ3) is 6.54. The van der Waals surface area contributed by atoms with Gasteiger partial charge in [0.2, 0.25) is 0 Å². The Hall–Kier alpha value is -1.14. The van der Waals surface area contributed by atoms with Gasteiger partial charge in [-0.05, 0) is 33.1 Å². The van der Waals surface area contributed by atoms with Gasteiger partial charge in [0.05, 0.1) is 6.10 Å². The Morgan fingerprint density at radius 3 is 2.05 bits per heavy atom. The molecule has 4 N–H and O–H groups in total. The van der Waals surface area contributed by atoms with E-state index >= 15 is 0 Å². The van der Waals surface area contributed by atoms with Crippen molar-refractivity contribution in [2.75, 3.05) is 0 Å². The predicted octanol–water partition coefficient (Wildman–Crippen LogP) is 0.763. The number of nitrogens with two attached hydrogens (primary N) is 1. The van der Waals surface area contributed by atoms with Gasteiger partial charge in [0.25, 0.3) is 0 Å². The SMILES string of the molecule is CC(C)C[C@H](N)[C@@H](O)C(C(=O)O)C(=O)OC(C)(C)C. The maximum atomic E-state index is 11.8. The van der Waals surface area contributed by atoms with Crippen molar-refractivity contribution in [3.05, 3.63) is 0 Å². The van der Waals surface area contributed by atoms with Crippen LogP contribution in [0.1, 0.15) is 41.0 Å². The van der Waals surface area contributed by atoms with E-state index in [4.69, 9.17) is 15.6 Å². The van der Waals surface area contributed by atoms with Gasteiger partial charge in [-0.1, -0.05) is 13.8 Å². The van der Waals surface area contributed by atoms with Gasteiger partial charge in [-0.3, -0.25) is 9.59 Å². The van der Waals surface area contributed by atoms with Crippen molar-refractivity contribution >= 4 is 11.9 Å². The summed E-state index contributed by atoms with van der Waals surface area (Å²) in [5.41, 5.74) is 4.92. The molecule has 0 aliphatic rings. The number of aliphatic hydroxyl groups excluding tert-OH is 1. The van der Waals surface area contributed by atoms with Crippen molar-refractivity contribution in [2.24, 2.45) is 17.6 Å². The minimum Gasteiger partial charge on any atom is -0.481 e. The molecular weight excluding hydrogens is 250 g/mol. The van der Waals surface area contributed by atoms with Crippen LogP contribution in [0.25, 0.3) is 0 Å². The normalized spacial score (nSPS) is 16.8. The van der Waals surface area contributed by atoms with E-state index in [1.807, 2.05) is 13.8 Å². The minimum absolute atomic E-state index is 0.192. The van der Waals surface area contributed by atoms with E-state index in [2.05, 4.69) is 0 Å². The monoisotopic (exact) mass is 275 g/mol. The maximum Gasteiger partial charge on any atom is 0.323 e. The van der Waals surface area contributed by atoms with Crippen molar-refractivity contribution in [1.29, 1.82) is 0 Å². The number of hydrogen-bond acceptors (Lipinski definition) is 5. The summed E-state index contributed by atoms with van der Waals surface area (Å²) in [7, 11) is 0. The summed E-state index contributed by atoms with van der Waals surface area (Å²) in [5.74, 6) is -3.86. The van der Waals surface area contributed by atoms with E-state index in [0.29, 0.717) is 6.42 Å². The molecule has 0 saturated carbocycles. The van der Waals surface area contributed by atoms with Crippen molar-refractivity contribution in [3.63, 3.8) is 0 Å². The second kappa shape index (κ2) is 6.86. The summed E-state index contributed by atoms with van der Waals surface area (Å²) in [6.45, 7) is 8.68. The lowest BCUT2D eigenvalue weighted by Gasteiger charge is -2.27. The Morgan fingerprint density at radius 2 is 1.74 bits per heavy atom. The fourth-order valence-corrected chi connectivity index (χ4v) is 1.68. The molecule has 0 rings (SSSR count). The smallest absolute Gasteiger partial charge is 0.323 e. The first kappa shape index (κ1) is 17.9. The number of carbonyl (C=O) groups is 2. The van der Waals surface area contributed by atoms with Crippen LogP contribution >= 0.6 is 0 Å². The first-order valence-corrected chi connectivity index (χ1v) is 6.35. The van der Waals surface area contributed by atoms with Crippen LogP contribution in [0.4, 0.5) is 0 Å². The van der Waals surface area contributed by atoms with Crippen LogP contribution in [0.5, 0.6) is 0 Å². The Labute approximate surface area is 113 Å². The summed E-state index contributed by atoms with van der Waals surface area (Å²) < 4.78 is 5.00. The zero-order chi connectivity index (χ0) is 15.4. The highest BCUT2D eigenvalue weighted by molar-refractivity contribution is 5.94. The van der Waals surface area contributed by atoms with Gasteiger partial charge in [0.15, 0.2) is 5.92 Å². The minimum atomic E-state index is -1.66. The highest BCUT2D eigenvalue weighted by Crippen LogP contribution is 2.18. The molecule has 0 saturated heterocycles. The second-order valence-electron chi connectivity index (χ2n) is 6.13. The first-order chi connectivity index (χ1) is 8.45.